The lowest BCUT2D eigenvalue weighted by Gasteiger charge is -2.31. The molecule has 0 aromatic carbocycles. The van der Waals surface area contributed by atoms with Crippen LogP contribution in [0.25, 0.3) is 11.0 Å². The molecule has 0 radical (unpaired) electrons. The molecule has 21 heteroatoms. The molecular weight excluding hydrogens is 637 g/mol. The van der Waals surface area contributed by atoms with Gasteiger partial charge < -0.3 is 39.5 Å². The molecule has 2 amide bonds. The van der Waals surface area contributed by atoms with Crippen molar-refractivity contribution >= 4 is 57.8 Å². The third kappa shape index (κ3) is 7.16. The third-order valence-electron chi connectivity index (χ3n) is 6.92. The predicted molar refractivity (Wildman–Crippen MR) is 150 cm³/mol. The molecule has 2 fully saturated rings. The van der Waals surface area contributed by atoms with Gasteiger partial charge in [-0.15, -0.1) is 4.36 Å². The molecule has 43 heavy (non-hydrogen) atoms. The molecule has 1 aliphatic heterocycles. The van der Waals surface area contributed by atoms with Gasteiger partial charge in [-0.3, -0.25) is 18.9 Å². The average Bonchev–Trinajstić information content (AvgIpc) is 3.61. The normalized spacial score (nSPS) is 25.8. The molecule has 2 aromatic rings. The first kappa shape index (κ1) is 33.6. The fourth-order valence-corrected chi connectivity index (χ4v) is 7.03. The Morgan fingerprint density at radius 2 is 1.95 bits per heavy atom. The first-order valence-electron chi connectivity index (χ1n) is 13.0. The number of halogens is 1. The Bertz CT molecular complexity index is 1540. The highest BCUT2D eigenvalue weighted by molar-refractivity contribution is 7.91. The number of hydrogen-bond acceptors (Lipinski definition) is 13. The molecule has 240 valence electrons. The minimum absolute atomic E-state index is 0.109. The SMILES string of the molecule is COCC(OC[C@H]1O[C@@H](n2ncc3c(NC4CCCC4)nc(Cl)nc32)[C@H](O)[C@@H]1O)(C(=O)N=S(C)(=O)NC(C)=O)P(=O)(O)O. The molecule has 1 saturated carbocycles. The maximum atomic E-state index is 13.0. The monoisotopic (exact) mass is 669 g/mol. The number of amides is 2. The predicted octanol–water partition coefficient (Wildman–Crippen LogP) is -0.334. The smallest absolute Gasteiger partial charge is 0.369 e. The van der Waals surface area contributed by atoms with Crippen LogP contribution in [0.2, 0.25) is 5.28 Å². The van der Waals surface area contributed by atoms with Gasteiger partial charge in [0, 0.05) is 26.3 Å². The van der Waals surface area contributed by atoms with Crippen LogP contribution < -0.4 is 10.0 Å². The van der Waals surface area contributed by atoms with Crippen molar-refractivity contribution in [3.05, 3.63) is 11.5 Å². The van der Waals surface area contributed by atoms with Gasteiger partial charge in [0.15, 0.2) is 11.9 Å². The first-order chi connectivity index (χ1) is 20.1. The number of carbonyl (C=O) groups excluding carboxylic acids is 2. The Labute approximate surface area is 250 Å². The number of methoxy groups -OCH3 is 1. The van der Waals surface area contributed by atoms with Gasteiger partial charge in [-0.25, -0.2) is 8.89 Å². The van der Waals surface area contributed by atoms with E-state index >= 15 is 0 Å². The number of anilines is 1. The molecule has 18 nitrogen and oxygen atoms in total. The molecule has 1 aliphatic carbocycles. The average molecular weight is 670 g/mol. The van der Waals surface area contributed by atoms with Gasteiger partial charge in [0.25, 0.3) is 5.34 Å². The molecule has 2 aromatic heterocycles. The highest BCUT2D eigenvalue weighted by Crippen LogP contribution is 2.53. The highest BCUT2D eigenvalue weighted by Gasteiger charge is 2.57. The van der Waals surface area contributed by atoms with E-state index in [0.717, 1.165) is 46.0 Å². The maximum absolute atomic E-state index is 13.0. The van der Waals surface area contributed by atoms with Gasteiger partial charge in [-0.2, -0.15) is 15.1 Å². The van der Waals surface area contributed by atoms with Crippen molar-refractivity contribution in [2.75, 3.05) is 31.9 Å². The summed E-state index contributed by atoms with van der Waals surface area (Å²) in [6, 6.07) is 0.185. The summed E-state index contributed by atoms with van der Waals surface area (Å²) < 4.78 is 47.5. The Kier molecular flexibility index (Phi) is 10.1. The number of aliphatic hydroxyl groups is 2. The topological polar surface area (TPSA) is 257 Å². The van der Waals surface area contributed by atoms with Crippen LogP contribution in [0.4, 0.5) is 5.82 Å². The van der Waals surface area contributed by atoms with Gasteiger partial charge in [-0.1, -0.05) is 12.8 Å². The zero-order valence-electron chi connectivity index (χ0n) is 23.3. The molecular formula is C22H33ClN7O11PS. The number of ether oxygens (including phenoxy) is 3. The van der Waals surface area contributed by atoms with Crippen molar-refractivity contribution in [2.24, 2.45) is 4.36 Å². The zero-order valence-corrected chi connectivity index (χ0v) is 25.8. The Morgan fingerprint density at radius 1 is 1.28 bits per heavy atom. The second-order valence-electron chi connectivity index (χ2n) is 10.3. The van der Waals surface area contributed by atoms with Gasteiger partial charge in [0.1, 0.15) is 34.0 Å². The molecule has 1 saturated heterocycles. The summed E-state index contributed by atoms with van der Waals surface area (Å²) in [7, 11) is -8.36. The van der Waals surface area contributed by atoms with Crippen LogP contribution in [0.1, 0.15) is 38.8 Å². The van der Waals surface area contributed by atoms with Crippen molar-refractivity contribution in [2.45, 2.75) is 68.5 Å². The fourth-order valence-electron chi connectivity index (χ4n) is 4.92. The molecule has 2 unspecified atom stereocenters. The highest BCUT2D eigenvalue weighted by atomic mass is 35.5. The van der Waals surface area contributed by atoms with Crippen LogP contribution >= 0.6 is 19.2 Å². The molecule has 0 bridgehead atoms. The minimum Gasteiger partial charge on any atom is -0.387 e. The summed E-state index contributed by atoms with van der Waals surface area (Å²) in [6.07, 6.45) is 0.176. The van der Waals surface area contributed by atoms with E-state index in [1.807, 2.05) is 4.72 Å². The quantitative estimate of drug-likeness (QED) is 0.132. The largest absolute Gasteiger partial charge is 0.387 e. The van der Waals surface area contributed by atoms with E-state index in [0.29, 0.717) is 11.2 Å². The van der Waals surface area contributed by atoms with Crippen molar-refractivity contribution in [3.63, 3.8) is 0 Å². The summed E-state index contributed by atoms with van der Waals surface area (Å²) in [4.78, 5) is 53.1. The lowest BCUT2D eigenvalue weighted by molar-refractivity contribution is -0.149. The number of nitrogens with one attached hydrogen (secondary N) is 2. The lowest BCUT2D eigenvalue weighted by atomic mass is 10.1. The van der Waals surface area contributed by atoms with Crippen LogP contribution in [0.3, 0.4) is 0 Å². The minimum atomic E-state index is -5.60. The summed E-state index contributed by atoms with van der Waals surface area (Å²) in [5, 5.41) is 26.4. The molecule has 6 atom stereocenters. The third-order valence-corrected chi connectivity index (χ3v) is 9.66. The standard InChI is InChI=1S/C22H33ClN7O11PS/c1-11(31)28-43(3,38)29-20(34)22(10-39-2,42(35,36)37)40-9-14-15(32)16(33)19(41-14)30-18-13(8-24-30)17(26-21(23)27-18)25-12-6-4-5-7-12/h8,12,14-16,19,32-33H,4-7,9-10H2,1-3H3,(H,25,26,27)(H2,35,36,37)(H,28,29,31,34,38)/t14-,15-,16-,19-,22?,43?/m1/s1. The summed E-state index contributed by atoms with van der Waals surface area (Å²) in [5.41, 5.74) is 0.173. The molecule has 0 spiro atoms. The van der Waals surface area contributed by atoms with Crippen LogP contribution in [-0.2, 0) is 38.3 Å². The van der Waals surface area contributed by atoms with Gasteiger partial charge >= 0.3 is 13.5 Å². The van der Waals surface area contributed by atoms with E-state index in [1.54, 1.807) is 0 Å². The second kappa shape index (κ2) is 13.0. The number of carbonyl (C=O) groups is 2. The van der Waals surface area contributed by atoms with E-state index in [2.05, 4.69) is 24.7 Å². The van der Waals surface area contributed by atoms with Crippen LogP contribution in [0.15, 0.2) is 10.6 Å². The van der Waals surface area contributed by atoms with Gasteiger partial charge in [0.05, 0.1) is 24.8 Å². The molecule has 3 heterocycles. The van der Waals surface area contributed by atoms with Crippen LogP contribution in [-0.4, -0.2) is 112 Å². The van der Waals surface area contributed by atoms with E-state index < -0.39 is 72.4 Å². The molecule has 4 rings (SSSR count). The summed E-state index contributed by atoms with van der Waals surface area (Å²) in [5.74, 6) is -2.08. The van der Waals surface area contributed by atoms with E-state index in [9.17, 15) is 38.4 Å². The molecule has 6 N–H and O–H groups in total. The number of hydrogen-bond donors (Lipinski definition) is 6. The zero-order chi connectivity index (χ0) is 31.7. The second-order valence-corrected chi connectivity index (χ2v) is 14.4. The van der Waals surface area contributed by atoms with E-state index in [-0.39, 0.29) is 17.0 Å². The van der Waals surface area contributed by atoms with Crippen molar-refractivity contribution in [3.8, 4) is 0 Å². The lowest BCUT2D eigenvalue weighted by Crippen LogP contribution is -2.48. The van der Waals surface area contributed by atoms with Gasteiger partial charge in [-0.05, 0) is 24.4 Å². The van der Waals surface area contributed by atoms with Crippen LogP contribution in [0, 0.1) is 0 Å². The molecule has 2 aliphatic rings. The van der Waals surface area contributed by atoms with Crippen molar-refractivity contribution in [1.82, 2.24) is 24.5 Å². The Morgan fingerprint density at radius 3 is 2.56 bits per heavy atom. The number of nitrogens with zero attached hydrogens (tertiary/aromatic N) is 5. The van der Waals surface area contributed by atoms with Gasteiger partial charge in [0.2, 0.25) is 11.2 Å². The Balaban J connectivity index is 1.60. The number of rotatable bonds is 11. The van der Waals surface area contributed by atoms with Crippen LogP contribution in [0.5, 0.6) is 0 Å². The van der Waals surface area contributed by atoms with E-state index in [4.69, 9.17) is 25.8 Å². The van der Waals surface area contributed by atoms with E-state index in [1.165, 1.54) is 10.9 Å². The maximum Gasteiger partial charge on any atom is 0.369 e. The Hall–Kier alpha value is -2.32. The van der Waals surface area contributed by atoms with Crippen molar-refractivity contribution < 1.29 is 52.6 Å². The number of aromatic nitrogens is 4. The number of fused-ring (bicyclic) bond motifs is 1. The summed E-state index contributed by atoms with van der Waals surface area (Å²) >= 11 is 6.17. The first-order valence-corrected chi connectivity index (χ1v) is 16.9. The fraction of sp³-hybridized carbons (Fsp3) is 0.682. The number of aliphatic hydroxyl groups excluding tert-OH is 2. The van der Waals surface area contributed by atoms with Crippen molar-refractivity contribution in [1.29, 1.82) is 0 Å². The summed E-state index contributed by atoms with van der Waals surface area (Å²) in [6.45, 7) is -0.930.